The summed E-state index contributed by atoms with van der Waals surface area (Å²) in [5.74, 6) is -0.215. The van der Waals surface area contributed by atoms with E-state index < -0.39 is 0 Å². The van der Waals surface area contributed by atoms with Crippen LogP contribution in [0.5, 0.6) is 0 Å². The van der Waals surface area contributed by atoms with Crippen molar-refractivity contribution < 1.29 is 4.79 Å². The molecule has 4 heteroatoms. The first-order valence-corrected chi connectivity index (χ1v) is 9.11. The number of allylic oxidation sites excluding steroid dienone is 2. The van der Waals surface area contributed by atoms with E-state index in [-0.39, 0.29) is 5.91 Å². The summed E-state index contributed by atoms with van der Waals surface area (Å²) in [7, 11) is 0. The third-order valence-corrected chi connectivity index (χ3v) is 4.80. The van der Waals surface area contributed by atoms with Gasteiger partial charge in [-0.25, -0.2) is 10.4 Å². The van der Waals surface area contributed by atoms with Crippen molar-refractivity contribution in [2.45, 2.75) is 26.7 Å². The number of nitrogens with zero attached hydrogens (tertiary/aromatic N) is 2. The van der Waals surface area contributed by atoms with Crippen LogP contribution in [-0.2, 0) is 0 Å². The molecule has 0 saturated heterocycles. The maximum Gasteiger partial charge on any atom is 0.272 e. The molecule has 1 amide bonds. The van der Waals surface area contributed by atoms with E-state index in [0.717, 1.165) is 40.7 Å². The molecule has 1 aromatic heterocycles. The number of nitrogens with one attached hydrogen (secondary N) is 1. The van der Waals surface area contributed by atoms with Crippen LogP contribution in [0.15, 0.2) is 71.3 Å². The first-order chi connectivity index (χ1) is 13.1. The Morgan fingerprint density at radius 3 is 2.56 bits per heavy atom. The van der Waals surface area contributed by atoms with Crippen LogP contribution in [0.1, 0.15) is 35.7 Å². The Hall–Kier alpha value is -3.27. The average molecular weight is 355 g/mol. The van der Waals surface area contributed by atoms with Gasteiger partial charge in [0.1, 0.15) is 0 Å². The second kappa shape index (κ2) is 7.16. The lowest BCUT2D eigenvalue weighted by Gasteiger charge is -2.09. The van der Waals surface area contributed by atoms with Crippen LogP contribution >= 0.6 is 0 Å². The molecule has 0 aliphatic heterocycles. The third kappa shape index (κ3) is 3.65. The van der Waals surface area contributed by atoms with Crippen molar-refractivity contribution in [3.05, 3.63) is 77.4 Å². The van der Waals surface area contributed by atoms with E-state index in [0.29, 0.717) is 5.56 Å². The van der Waals surface area contributed by atoms with Crippen molar-refractivity contribution in [2.24, 2.45) is 5.10 Å². The molecule has 0 unspecified atom stereocenters. The van der Waals surface area contributed by atoms with Gasteiger partial charge in [0.2, 0.25) is 0 Å². The standard InChI is InChI=1S/C23H21N3O/c1-15-7-10-17(11-8-15)22-14-20(19-5-3-4-6-21(19)24-22)23(27)26-25-18-12-9-16(2)13-18/h3-8,10-11,13-14H,9,12H2,1-2H3,(H,26,27)/b25-18+. The highest BCUT2D eigenvalue weighted by atomic mass is 16.2. The number of pyridine rings is 1. The maximum atomic E-state index is 12.9. The van der Waals surface area contributed by atoms with E-state index in [4.69, 9.17) is 4.98 Å². The summed E-state index contributed by atoms with van der Waals surface area (Å²) >= 11 is 0. The first-order valence-electron chi connectivity index (χ1n) is 9.11. The largest absolute Gasteiger partial charge is 0.272 e. The molecule has 27 heavy (non-hydrogen) atoms. The molecule has 0 saturated carbocycles. The molecule has 1 aliphatic rings. The molecule has 2 aromatic carbocycles. The van der Waals surface area contributed by atoms with Gasteiger partial charge in [-0.3, -0.25) is 4.79 Å². The van der Waals surface area contributed by atoms with Gasteiger partial charge in [-0.05, 0) is 44.9 Å². The molecule has 0 bridgehead atoms. The van der Waals surface area contributed by atoms with Gasteiger partial charge in [0, 0.05) is 10.9 Å². The van der Waals surface area contributed by atoms with Crippen molar-refractivity contribution in [3.63, 3.8) is 0 Å². The predicted octanol–water partition coefficient (Wildman–Crippen LogP) is 5.04. The lowest BCUT2D eigenvalue weighted by Crippen LogP contribution is -2.19. The Balaban J connectivity index is 1.74. The normalized spacial score (nSPS) is 15.2. The van der Waals surface area contributed by atoms with Crippen molar-refractivity contribution in [1.82, 2.24) is 10.4 Å². The smallest absolute Gasteiger partial charge is 0.267 e. The van der Waals surface area contributed by atoms with E-state index in [2.05, 4.69) is 24.4 Å². The topological polar surface area (TPSA) is 54.4 Å². The summed E-state index contributed by atoms with van der Waals surface area (Å²) in [6, 6.07) is 17.7. The molecular weight excluding hydrogens is 334 g/mol. The van der Waals surface area contributed by atoms with Crippen molar-refractivity contribution in [3.8, 4) is 11.3 Å². The fourth-order valence-electron chi connectivity index (χ4n) is 3.26. The second-order valence-corrected chi connectivity index (χ2v) is 6.97. The van der Waals surface area contributed by atoms with Crippen LogP contribution in [-0.4, -0.2) is 16.6 Å². The number of carbonyl (C=O) groups excluding carboxylic acids is 1. The van der Waals surface area contributed by atoms with Gasteiger partial charge >= 0.3 is 0 Å². The summed E-state index contributed by atoms with van der Waals surface area (Å²) in [5, 5.41) is 5.11. The molecule has 0 atom stereocenters. The fraction of sp³-hybridized carbons (Fsp3) is 0.174. The molecule has 1 N–H and O–H groups in total. The number of hydrogen-bond donors (Lipinski definition) is 1. The van der Waals surface area contributed by atoms with Gasteiger partial charge in [-0.1, -0.05) is 53.6 Å². The predicted molar refractivity (Wildman–Crippen MR) is 110 cm³/mol. The van der Waals surface area contributed by atoms with Gasteiger partial charge < -0.3 is 0 Å². The van der Waals surface area contributed by atoms with Crippen LogP contribution < -0.4 is 5.43 Å². The molecule has 1 heterocycles. The third-order valence-electron chi connectivity index (χ3n) is 4.80. The number of rotatable bonds is 3. The number of hydrogen-bond acceptors (Lipinski definition) is 3. The van der Waals surface area contributed by atoms with Gasteiger partial charge in [0.25, 0.3) is 5.91 Å². The molecule has 4 nitrogen and oxygen atoms in total. The summed E-state index contributed by atoms with van der Waals surface area (Å²) in [5.41, 5.74) is 9.26. The summed E-state index contributed by atoms with van der Waals surface area (Å²) in [4.78, 5) is 17.6. The molecule has 0 spiro atoms. The van der Waals surface area contributed by atoms with Crippen LogP contribution in [0.2, 0.25) is 0 Å². The van der Waals surface area contributed by atoms with E-state index in [1.165, 1.54) is 11.1 Å². The average Bonchev–Trinajstić information content (AvgIpc) is 3.11. The van der Waals surface area contributed by atoms with E-state index >= 15 is 0 Å². The van der Waals surface area contributed by atoms with E-state index in [9.17, 15) is 4.79 Å². The van der Waals surface area contributed by atoms with Gasteiger partial charge in [0.15, 0.2) is 0 Å². The van der Waals surface area contributed by atoms with Crippen molar-refractivity contribution in [2.75, 3.05) is 0 Å². The highest BCUT2D eigenvalue weighted by Gasteiger charge is 2.14. The Kier molecular flexibility index (Phi) is 4.55. The lowest BCUT2D eigenvalue weighted by atomic mass is 10.0. The number of benzene rings is 2. The zero-order valence-corrected chi connectivity index (χ0v) is 15.5. The van der Waals surface area contributed by atoms with E-state index in [1.807, 2.05) is 60.7 Å². The highest BCUT2D eigenvalue weighted by Crippen LogP contribution is 2.25. The van der Waals surface area contributed by atoms with Crippen LogP contribution in [0, 0.1) is 6.92 Å². The molecule has 0 fully saturated rings. The van der Waals surface area contributed by atoms with Gasteiger partial charge in [0.05, 0.1) is 22.5 Å². The number of amides is 1. The number of carbonyl (C=O) groups is 1. The Morgan fingerprint density at radius 2 is 1.81 bits per heavy atom. The SMILES string of the molecule is CC1=C/C(=N/NC(=O)c2cc(-c3ccc(C)cc3)nc3ccccc23)CC1. The lowest BCUT2D eigenvalue weighted by molar-refractivity contribution is 0.0956. The number of hydrazone groups is 1. The minimum atomic E-state index is -0.215. The highest BCUT2D eigenvalue weighted by molar-refractivity contribution is 6.08. The number of aromatic nitrogens is 1. The quantitative estimate of drug-likeness (QED) is 0.670. The first kappa shape index (κ1) is 17.2. The maximum absolute atomic E-state index is 12.9. The zero-order chi connectivity index (χ0) is 18.8. The molecule has 3 aromatic rings. The van der Waals surface area contributed by atoms with Crippen LogP contribution in [0.3, 0.4) is 0 Å². The Morgan fingerprint density at radius 1 is 1.04 bits per heavy atom. The second-order valence-electron chi connectivity index (χ2n) is 6.97. The Labute approximate surface area is 158 Å². The number of para-hydroxylation sites is 1. The van der Waals surface area contributed by atoms with Gasteiger partial charge in [-0.2, -0.15) is 5.10 Å². The molecule has 1 aliphatic carbocycles. The number of fused-ring (bicyclic) bond motifs is 1. The number of aryl methyl sites for hydroxylation is 1. The van der Waals surface area contributed by atoms with Crippen molar-refractivity contribution in [1.29, 1.82) is 0 Å². The zero-order valence-electron chi connectivity index (χ0n) is 15.5. The summed E-state index contributed by atoms with van der Waals surface area (Å²) in [6.07, 6.45) is 3.91. The molecule has 0 radical (unpaired) electrons. The van der Waals surface area contributed by atoms with Crippen LogP contribution in [0.4, 0.5) is 0 Å². The minimum Gasteiger partial charge on any atom is -0.267 e. The van der Waals surface area contributed by atoms with Crippen LogP contribution in [0.25, 0.3) is 22.2 Å². The summed E-state index contributed by atoms with van der Waals surface area (Å²) < 4.78 is 0. The minimum absolute atomic E-state index is 0.215. The summed E-state index contributed by atoms with van der Waals surface area (Å²) in [6.45, 7) is 4.13. The van der Waals surface area contributed by atoms with E-state index in [1.54, 1.807) is 0 Å². The fourth-order valence-corrected chi connectivity index (χ4v) is 3.26. The molecular formula is C23H21N3O. The van der Waals surface area contributed by atoms with Crippen molar-refractivity contribution >= 4 is 22.5 Å². The van der Waals surface area contributed by atoms with Gasteiger partial charge in [-0.15, -0.1) is 0 Å². The monoisotopic (exact) mass is 355 g/mol. The molecule has 134 valence electrons. The molecule has 4 rings (SSSR count). The Bertz CT molecular complexity index is 1080.